The van der Waals surface area contributed by atoms with Crippen molar-refractivity contribution in [3.8, 4) is 5.75 Å². The summed E-state index contributed by atoms with van der Waals surface area (Å²) < 4.78 is 5.55. The van der Waals surface area contributed by atoms with Gasteiger partial charge in [0, 0.05) is 126 Å². The molecule has 4 aromatic heterocycles. The maximum Gasteiger partial charge on any atom is 0.327 e. The number of nitrogens with one attached hydrogen (secondary N) is 15. The van der Waals surface area contributed by atoms with Gasteiger partial charge in [-0.15, -0.1) is 23.4 Å². The second-order valence-corrected chi connectivity index (χ2v) is 34.4. The fraction of sp³-hybridized carbons (Fsp3) is 0.315. The number of alkyl halides is 1. The first-order chi connectivity index (χ1) is 66.6. The van der Waals surface area contributed by atoms with Gasteiger partial charge in [0.05, 0.1) is 47.9 Å². The maximum atomic E-state index is 13.9. The monoisotopic (exact) mass is 1960 g/mol. The molecule has 48 heteroatoms. The zero-order chi connectivity index (χ0) is 102. The predicted octanol–water partition coefficient (Wildman–Crippen LogP) is 3.67. The number of amides is 12. The fourth-order valence-corrected chi connectivity index (χ4v) is 16.5. The van der Waals surface area contributed by atoms with Gasteiger partial charge in [0.1, 0.15) is 53.4 Å². The van der Waals surface area contributed by atoms with E-state index in [4.69, 9.17) is 33.2 Å². The Morgan fingerprint density at radius 3 is 1.89 bits per heavy atom. The number of likely N-dealkylation sites (tertiary alicyclic amines) is 1. The summed E-state index contributed by atoms with van der Waals surface area (Å²) in [6, 6.07) is 26.0. The molecule has 0 aliphatic carbocycles. The molecule has 0 bridgehead atoms. The maximum absolute atomic E-state index is 13.9. The number of esters is 1. The first-order valence-electron chi connectivity index (χ1n) is 43.5. The third-order valence-electron chi connectivity index (χ3n) is 22.2. The number of aromatic nitrogens is 6. The molecule has 1 saturated heterocycles. The molecule has 734 valence electrons. The van der Waals surface area contributed by atoms with Gasteiger partial charge in [-0.05, 0) is 134 Å². The van der Waals surface area contributed by atoms with E-state index in [0.29, 0.717) is 75.4 Å². The fourth-order valence-electron chi connectivity index (χ4n) is 15.1. The number of carboxylic acid groups (broad SMARTS) is 4. The molecule has 12 amide bonds. The molecule has 0 radical (unpaired) electrons. The summed E-state index contributed by atoms with van der Waals surface area (Å²) in [7, 11) is 1.45. The van der Waals surface area contributed by atoms with Gasteiger partial charge < -0.3 is 105 Å². The molecule has 0 saturated carbocycles. The number of aromatic amines is 3. The Morgan fingerprint density at radius 2 is 1.25 bits per heavy atom. The number of benzene rings is 6. The van der Waals surface area contributed by atoms with Crippen molar-refractivity contribution in [2.24, 2.45) is 16.8 Å². The number of carbonyl (C=O) groups is 17. The normalized spacial score (nSPS) is 14.6. The molecular weight excluding hydrogens is 1860 g/mol. The number of fused-ring (bicyclic) bond motifs is 6. The minimum absolute atomic E-state index is 0.0104. The zero-order valence-electron chi connectivity index (χ0n) is 76.0. The number of halogens is 1. The molecule has 6 heterocycles. The molecular formula is C92H100ClN23O23S. The molecule has 2 aliphatic rings. The van der Waals surface area contributed by atoms with Crippen LogP contribution in [0.3, 0.4) is 0 Å². The largest absolute Gasteiger partial charge is 0.481 e. The number of carboxylic acids is 4. The molecule has 46 nitrogen and oxygen atoms in total. The first-order valence-corrected chi connectivity index (χ1v) is 45.1. The minimum atomic E-state index is -2.08. The number of hydrogen-bond donors (Lipinski definition) is 21. The number of hydrogen-bond acceptors (Lipinski definition) is 27. The topological polar surface area (TPSA) is 711 Å². The van der Waals surface area contributed by atoms with Gasteiger partial charge >= 0.3 is 29.8 Å². The summed E-state index contributed by atoms with van der Waals surface area (Å²) in [6.45, 7) is 8.43. The van der Waals surface area contributed by atoms with Crippen LogP contribution in [-0.2, 0) is 68.9 Å². The number of likely N-dealkylation sites (N-methyl/N-ethyl adjacent to an activating group) is 1. The van der Waals surface area contributed by atoms with Gasteiger partial charge in [-0.25, -0.2) is 25.0 Å². The van der Waals surface area contributed by atoms with Crippen LogP contribution in [0, 0.1) is 18.3 Å². The quantitative estimate of drug-likeness (QED) is 0.00379. The number of nitrogens with two attached hydrogens (primary N) is 2. The van der Waals surface area contributed by atoms with Crippen LogP contribution in [0.2, 0.25) is 0 Å². The van der Waals surface area contributed by atoms with Crippen LogP contribution in [0.5, 0.6) is 5.75 Å². The summed E-state index contributed by atoms with van der Waals surface area (Å²) in [5.74, 6) is -17.4. The van der Waals surface area contributed by atoms with Gasteiger partial charge in [0.2, 0.25) is 53.2 Å². The van der Waals surface area contributed by atoms with Gasteiger partial charge in [0.15, 0.2) is 17.1 Å². The van der Waals surface area contributed by atoms with E-state index in [1.165, 1.54) is 56.6 Å². The highest BCUT2D eigenvalue weighted by Crippen LogP contribution is 2.46. The third-order valence-corrected chi connectivity index (χ3v) is 23.9. The molecule has 1 fully saturated rings. The average Bonchev–Trinajstić information content (AvgIpc) is 1.57. The Balaban J connectivity index is 0.000000357. The van der Waals surface area contributed by atoms with Crippen LogP contribution in [0.1, 0.15) is 149 Å². The SMILES string of the molecule is CC(=O)Oc1cc2c(c3ccccc13)C(CCl)CN2C(=O)c1cc2cc(NC(=O)c3cc4cc(C)ccc4[nH]3)ccc2[nH]1.CNC(=O)[C@@H](NC(=O)c1ccc(/C(C)=N\NC(=O)CCN2C(=O)CC(SCC(NC(=O)[C@@H](CC(=O)O)NC(=O)[C@@H](CCCNC(=N)N)NC(=O)[C@H](CC(=O)O)NC(=O)CC[C@H](NC(=O)c3ccc(NCc4cnc5nc(N)[nH]c(=O)c5n4)cc3)C(=O)O)C(=O)O)C2=O)cc1)C(C)C. The van der Waals surface area contributed by atoms with Crippen molar-refractivity contribution >= 4 is 203 Å². The number of H-pyrrole nitrogens is 3. The van der Waals surface area contributed by atoms with E-state index >= 15 is 0 Å². The Labute approximate surface area is 804 Å². The lowest BCUT2D eigenvalue weighted by molar-refractivity contribution is -0.143. The van der Waals surface area contributed by atoms with E-state index < -0.39 is 193 Å². The average molecular weight is 1960 g/mol. The lowest BCUT2D eigenvalue weighted by Gasteiger charge is -2.25. The standard InChI is InChI=1S/C58H73N19O19S.C34H27ClN4O4/c1-26(2)44(52(90)62-4)72-48(86)29-9-7-28(8-10-29)27(3)75-76-40(79)17-19-77-41(80)22-38(54(77)92)97-25-37(56(95)96)71-51(89)36(21-43(83)84)70-49(87)33(6-5-18-63-57(59)60)68-50(88)35(20-42(81)82)67-39(78)16-15-34(55(93)94)69-47(85)30-11-13-31(14-12-30)64-23-32-24-65-46-45(66-32)53(91)74-58(61)73-46;1-18-7-9-26-20(11-18)13-28(37-26)33(41)36-23-8-10-27-21(12-23)14-29(38-27)34(42)39-17-22(16-35)32-25-6-4-3-5-24(25)31(15-30(32)39)43-19(2)40/h7-14,24,26,33-38,44,64H,5-6,15-23,25H2,1-4H3,(H,62,90)(H,67,78)(H,68,88)(H,69,85)(H,70,87)(H,71,89)(H,72,86)(H,76,79)(H,81,82)(H,83,84)(H,93,94)(H,95,96)(H4,59,60,63)(H3,61,65,73,74,91);3-15,22,37-38H,16-17H2,1-2H3,(H,36,41)/b75-27-;/t33-,34+,35+,36-,37?,38?,44+;/m1./s1. The summed E-state index contributed by atoms with van der Waals surface area (Å²) in [5.41, 5.74) is 20.4. The molecule has 6 aromatic carbocycles. The van der Waals surface area contributed by atoms with Crippen molar-refractivity contribution in [1.29, 1.82) is 5.41 Å². The van der Waals surface area contributed by atoms with E-state index in [0.717, 1.165) is 48.6 Å². The van der Waals surface area contributed by atoms with E-state index in [2.05, 4.69) is 93.6 Å². The molecule has 23 N–H and O–H groups in total. The summed E-state index contributed by atoms with van der Waals surface area (Å²) in [5, 5.41) is 77.7. The Kier molecular flexibility index (Phi) is 34.9. The van der Waals surface area contributed by atoms with E-state index in [9.17, 15) is 107 Å². The third kappa shape index (κ3) is 27.3. The summed E-state index contributed by atoms with van der Waals surface area (Å²) in [4.78, 5) is 255. The Bertz CT molecular complexity index is 6630. The van der Waals surface area contributed by atoms with Crippen LogP contribution in [-0.4, -0.2) is 247 Å². The molecule has 140 heavy (non-hydrogen) atoms. The smallest absolute Gasteiger partial charge is 0.327 e. The summed E-state index contributed by atoms with van der Waals surface area (Å²) in [6.07, 6.45) is -3.61. The highest BCUT2D eigenvalue weighted by molar-refractivity contribution is 8.00. The number of nitrogen functional groups attached to an aromatic ring is 1. The highest BCUT2D eigenvalue weighted by Gasteiger charge is 2.42. The molecule has 0 spiro atoms. The molecule has 2 aliphatic heterocycles. The zero-order valence-corrected chi connectivity index (χ0v) is 77.5. The van der Waals surface area contributed by atoms with E-state index in [1.807, 2.05) is 67.6 Å². The number of carbonyl (C=O) groups excluding carboxylic acids is 13. The van der Waals surface area contributed by atoms with E-state index in [-0.39, 0.29) is 77.3 Å². The number of aliphatic carboxylic acids is 4. The van der Waals surface area contributed by atoms with Crippen molar-refractivity contribution in [3.05, 3.63) is 189 Å². The Morgan fingerprint density at radius 1 is 0.650 bits per heavy atom. The number of hydrazone groups is 1. The second-order valence-electron chi connectivity index (χ2n) is 32.8. The van der Waals surface area contributed by atoms with Crippen molar-refractivity contribution in [1.82, 2.24) is 82.8 Å². The number of anilines is 4. The number of imide groups is 1. The molecule has 12 rings (SSSR count). The first kappa shape index (κ1) is 104. The minimum Gasteiger partial charge on any atom is -0.481 e. The van der Waals surface area contributed by atoms with Gasteiger partial charge in [0.25, 0.3) is 29.2 Å². The number of guanidine groups is 1. The van der Waals surface area contributed by atoms with Crippen LogP contribution < -0.4 is 85.3 Å². The summed E-state index contributed by atoms with van der Waals surface area (Å²) >= 11 is 7.04. The van der Waals surface area contributed by atoms with Gasteiger partial charge in [-0.3, -0.25) is 92.0 Å². The Hall–Kier alpha value is -16.7. The van der Waals surface area contributed by atoms with Gasteiger partial charge in [-0.1, -0.05) is 61.9 Å². The van der Waals surface area contributed by atoms with Crippen LogP contribution >= 0.6 is 23.4 Å². The van der Waals surface area contributed by atoms with Crippen molar-refractivity contribution in [2.75, 3.05) is 59.6 Å². The van der Waals surface area contributed by atoms with Crippen molar-refractivity contribution in [3.63, 3.8) is 0 Å². The lowest BCUT2D eigenvalue weighted by Crippen LogP contribution is -2.58. The number of nitrogens with zero attached hydrogens (tertiary/aromatic N) is 6. The number of thioether (sulfide) groups is 1. The van der Waals surface area contributed by atoms with Crippen LogP contribution in [0.15, 0.2) is 143 Å². The number of aryl methyl sites for hydroxylation is 1. The highest BCUT2D eigenvalue weighted by atomic mass is 35.5. The van der Waals surface area contributed by atoms with Crippen LogP contribution in [0.25, 0.3) is 43.7 Å². The molecule has 8 atom stereocenters. The predicted molar refractivity (Wildman–Crippen MR) is 512 cm³/mol. The van der Waals surface area contributed by atoms with Crippen molar-refractivity contribution in [2.45, 2.75) is 140 Å². The van der Waals surface area contributed by atoms with Crippen LogP contribution in [0.4, 0.5) is 23.0 Å². The van der Waals surface area contributed by atoms with E-state index in [1.54, 1.807) is 56.0 Å². The van der Waals surface area contributed by atoms with Crippen molar-refractivity contribution < 1.29 is 107 Å². The molecule has 3 unspecified atom stereocenters. The lowest BCUT2D eigenvalue weighted by atomic mass is 9.95. The number of ether oxygens (including phenoxy) is 1. The molecule has 10 aromatic rings. The second kappa shape index (κ2) is 47.1. The number of rotatable bonds is 42. The van der Waals surface area contributed by atoms with Gasteiger partial charge in [-0.2, -0.15) is 10.1 Å².